The Morgan fingerprint density at radius 1 is 1.20 bits per heavy atom. The van der Waals surface area contributed by atoms with Gasteiger partial charge in [-0.3, -0.25) is 4.90 Å². The molecule has 0 radical (unpaired) electrons. The molecule has 0 aromatic carbocycles. The van der Waals surface area contributed by atoms with Crippen LogP contribution in [0.4, 0.5) is 0 Å². The summed E-state index contributed by atoms with van der Waals surface area (Å²) in [6.45, 7) is 8.44. The molecule has 2 aromatic heterocycles. The van der Waals surface area contributed by atoms with Crippen molar-refractivity contribution < 1.29 is 12.9 Å². The van der Waals surface area contributed by atoms with Gasteiger partial charge < -0.3 is 9.09 Å². The van der Waals surface area contributed by atoms with Gasteiger partial charge in [0.15, 0.2) is 10.9 Å². The lowest BCUT2D eigenvalue weighted by atomic mass is 10.2. The Morgan fingerprint density at radius 2 is 1.88 bits per heavy atom. The number of aryl methyl sites for hydroxylation is 2. The average Bonchev–Trinajstić information content (AvgIpc) is 3.16. The van der Waals surface area contributed by atoms with Crippen LogP contribution in [-0.2, 0) is 23.6 Å². The number of sulfonamides is 1. The summed E-state index contributed by atoms with van der Waals surface area (Å²) in [5.74, 6) is 2.14. The molecule has 3 rings (SSSR count). The zero-order valence-electron chi connectivity index (χ0n) is 15.0. The van der Waals surface area contributed by atoms with Crippen LogP contribution in [0.3, 0.4) is 0 Å². The quantitative estimate of drug-likeness (QED) is 0.768. The molecular weight excluding hydrogens is 344 g/mol. The minimum Gasteiger partial charge on any atom is -0.339 e. The van der Waals surface area contributed by atoms with Gasteiger partial charge in [0, 0.05) is 45.3 Å². The number of rotatable bonds is 5. The summed E-state index contributed by atoms with van der Waals surface area (Å²) in [6, 6.07) is 0. The highest BCUT2D eigenvalue weighted by Gasteiger charge is 2.31. The summed E-state index contributed by atoms with van der Waals surface area (Å²) in [5.41, 5.74) is 0. The lowest BCUT2D eigenvalue weighted by Gasteiger charge is -2.32. The second-order valence-corrected chi connectivity index (χ2v) is 8.51. The van der Waals surface area contributed by atoms with Crippen molar-refractivity contribution in [2.45, 2.75) is 38.3 Å². The third kappa shape index (κ3) is 3.75. The predicted molar refractivity (Wildman–Crippen MR) is 90.4 cm³/mol. The molecule has 10 heteroatoms. The molecule has 0 atom stereocenters. The summed E-state index contributed by atoms with van der Waals surface area (Å²) in [6.07, 6.45) is 1.56. The predicted octanol–water partition coefficient (Wildman–Crippen LogP) is 0.741. The van der Waals surface area contributed by atoms with Crippen molar-refractivity contribution in [3.8, 4) is 0 Å². The molecule has 9 nitrogen and oxygen atoms in total. The van der Waals surface area contributed by atoms with E-state index < -0.39 is 10.0 Å². The van der Waals surface area contributed by atoms with Crippen LogP contribution in [0.15, 0.2) is 15.7 Å². The van der Waals surface area contributed by atoms with Gasteiger partial charge in [0.05, 0.1) is 6.54 Å². The molecule has 1 saturated heterocycles. The van der Waals surface area contributed by atoms with Crippen LogP contribution >= 0.6 is 0 Å². The maximum atomic E-state index is 12.7. The first-order valence-electron chi connectivity index (χ1n) is 8.32. The van der Waals surface area contributed by atoms with Gasteiger partial charge in [-0.2, -0.15) is 9.29 Å². The molecular formula is C15H24N6O3S. The highest BCUT2D eigenvalue weighted by Crippen LogP contribution is 2.18. The number of piperazine rings is 1. The first kappa shape index (κ1) is 18.0. The zero-order valence-corrected chi connectivity index (χ0v) is 15.8. The van der Waals surface area contributed by atoms with Gasteiger partial charge in [0.2, 0.25) is 5.89 Å². The van der Waals surface area contributed by atoms with Gasteiger partial charge in [-0.25, -0.2) is 13.4 Å². The molecule has 1 aliphatic heterocycles. The Labute approximate surface area is 147 Å². The fourth-order valence-corrected chi connectivity index (χ4v) is 4.12. The zero-order chi connectivity index (χ0) is 18.2. The standard InChI is InChI=1S/C15H24N6O3S/c1-11(2)15-17-13(18-24-15)9-20-5-7-21(8-6-20)25(22,23)14-10-19(4)12(3)16-14/h10-11H,5-9H2,1-4H3. The van der Waals surface area contributed by atoms with Crippen LogP contribution in [-0.4, -0.2) is 63.5 Å². The van der Waals surface area contributed by atoms with Crippen molar-refractivity contribution in [2.75, 3.05) is 26.2 Å². The van der Waals surface area contributed by atoms with Crippen molar-refractivity contribution in [3.05, 3.63) is 23.7 Å². The molecule has 25 heavy (non-hydrogen) atoms. The molecule has 138 valence electrons. The largest absolute Gasteiger partial charge is 0.339 e. The van der Waals surface area contributed by atoms with E-state index in [2.05, 4.69) is 20.0 Å². The number of hydrogen-bond donors (Lipinski definition) is 0. The van der Waals surface area contributed by atoms with Crippen LogP contribution in [0.25, 0.3) is 0 Å². The van der Waals surface area contributed by atoms with E-state index in [0.717, 1.165) is 0 Å². The molecule has 1 aliphatic rings. The first-order chi connectivity index (χ1) is 11.8. The summed E-state index contributed by atoms with van der Waals surface area (Å²) in [4.78, 5) is 10.6. The van der Waals surface area contributed by atoms with Gasteiger partial charge in [-0.1, -0.05) is 19.0 Å². The summed E-state index contributed by atoms with van der Waals surface area (Å²) >= 11 is 0. The Hall–Kier alpha value is -1.78. The highest BCUT2D eigenvalue weighted by molar-refractivity contribution is 7.89. The van der Waals surface area contributed by atoms with Gasteiger partial charge >= 0.3 is 0 Å². The number of nitrogens with zero attached hydrogens (tertiary/aromatic N) is 6. The molecule has 0 amide bonds. The lowest BCUT2D eigenvalue weighted by molar-refractivity contribution is 0.176. The van der Waals surface area contributed by atoms with Crippen molar-refractivity contribution in [1.29, 1.82) is 0 Å². The minimum atomic E-state index is -3.54. The second kappa shape index (κ2) is 6.85. The monoisotopic (exact) mass is 368 g/mol. The van der Waals surface area contributed by atoms with Crippen LogP contribution in [0.5, 0.6) is 0 Å². The maximum absolute atomic E-state index is 12.7. The fraction of sp³-hybridized carbons (Fsp3) is 0.667. The van der Waals surface area contributed by atoms with E-state index in [0.29, 0.717) is 50.3 Å². The van der Waals surface area contributed by atoms with E-state index in [1.165, 1.54) is 4.31 Å². The van der Waals surface area contributed by atoms with Crippen molar-refractivity contribution in [3.63, 3.8) is 0 Å². The van der Waals surface area contributed by atoms with Crippen LogP contribution in [0.1, 0.15) is 37.3 Å². The van der Waals surface area contributed by atoms with Crippen molar-refractivity contribution >= 4 is 10.0 Å². The SMILES string of the molecule is Cc1nc(S(=O)(=O)N2CCN(Cc3noc(C(C)C)n3)CC2)cn1C. The molecule has 0 aliphatic carbocycles. The van der Waals surface area contributed by atoms with Gasteiger partial charge in [-0.05, 0) is 6.92 Å². The van der Waals surface area contributed by atoms with E-state index in [1.807, 2.05) is 13.8 Å². The van der Waals surface area contributed by atoms with E-state index in [9.17, 15) is 8.42 Å². The smallest absolute Gasteiger partial charge is 0.262 e. The van der Waals surface area contributed by atoms with E-state index in [4.69, 9.17) is 4.52 Å². The molecule has 0 spiro atoms. The maximum Gasteiger partial charge on any atom is 0.262 e. The number of hydrogen-bond acceptors (Lipinski definition) is 7. The number of aromatic nitrogens is 4. The average molecular weight is 368 g/mol. The van der Waals surface area contributed by atoms with Gasteiger partial charge in [0.25, 0.3) is 10.0 Å². The highest BCUT2D eigenvalue weighted by atomic mass is 32.2. The molecule has 0 saturated carbocycles. The molecule has 1 fully saturated rings. The molecule has 3 heterocycles. The number of imidazole rings is 1. The third-order valence-electron chi connectivity index (χ3n) is 4.36. The Balaban J connectivity index is 1.61. The lowest BCUT2D eigenvalue weighted by Crippen LogP contribution is -2.48. The summed E-state index contributed by atoms with van der Waals surface area (Å²) in [5, 5.41) is 4.10. The van der Waals surface area contributed by atoms with Crippen LogP contribution < -0.4 is 0 Å². The summed E-state index contributed by atoms with van der Waals surface area (Å²) in [7, 11) is -1.75. The van der Waals surface area contributed by atoms with Gasteiger partial charge in [0.1, 0.15) is 5.82 Å². The Bertz CT molecular complexity index is 814. The van der Waals surface area contributed by atoms with Crippen LogP contribution in [0.2, 0.25) is 0 Å². The van der Waals surface area contributed by atoms with E-state index in [1.54, 1.807) is 24.7 Å². The second-order valence-electron chi connectivity index (χ2n) is 6.62. The first-order valence-corrected chi connectivity index (χ1v) is 9.76. The van der Waals surface area contributed by atoms with Crippen molar-refractivity contribution in [2.24, 2.45) is 7.05 Å². The Kier molecular flexibility index (Phi) is 4.94. The molecule has 0 N–H and O–H groups in total. The molecule has 2 aromatic rings. The minimum absolute atomic E-state index is 0.112. The van der Waals surface area contributed by atoms with Crippen molar-refractivity contribution in [1.82, 2.24) is 28.9 Å². The molecule has 0 bridgehead atoms. The van der Waals surface area contributed by atoms with E-state index >= 15 is 0 Å². The third-order valence-corrected chi connectivity index (χ3v) is 6.13. The van der Waals surface area contributed by atoms with Gasteiger partial charge in [-0.15, -0.1) is 0 Å². The van der Waals surface area contributed by atoms with Crippen LogP contribution in [0, 0.1) is 6.92 Å². The normalized spacial score (nSPS) is 17.5. The van der Waals surface area contributed by atoms with E-state index in [-0.39, 0.29) is 10.9 Å². The Morgan fingerprint density at radius 3 is 2.40 bits per heavy atom. The summed E-state index contributed by atoms with van der Waals surface area (Å²) < 4.78 is 33.8. The molecule has 0 unspecified atom stereocenters. The topological polar surface area (TPSA) is 97.4 Å². The fourth-order valence-electron chi connectivity index (χ4n) is 2.68.